The molecule has 0 aliphatic carbocycles. The van der Waals surface area contributed by atoms with Gasteiger partial charge in [-0.15, -0.1) is 0 Å². The van der Waals surface area contributed by atoms with E-state index in [1.165, 1.54) is 0 Å². The fourth-order valence-electron chi connectivity index (χ4n) is 5.37. The van der Waals surface area contributed by atoms with E-state index in [-0.39, 0.29) is 31.2 Å². The lowest BCUT2D eigenvalue weighted by Gasteiger charge is -2.12. The highest BCUT2D eigenvalue weighted by atomic mass is 31.2. The van der Waals surface area contributed by atoms with Crippen molar-refractivity contribution >= 4 is 15.2 Å². The summed E-state index contributed by atoms with van der Waals surface area (Å²) in [6.07, 6.45) is 6.35. The molecule has 0 atom stereocenters. The molecule has 260 valence electrons. The standard InChI is InChI=1S/C36H29F3N4O6P2/c37-30-21-31(38)35(32(39)22-30)36-40-33(28-5-1-24(2-6-28)26-9-13-42(14-10-26)17-19-50(44,45)46)23-34(41-36)29-7-3-25(4-8-29)27-11-15-43(16-12-27)18-20-51(47,48)49/h1-16,21-23H,17-20H2,(H2-2,44,45,46,47,48,49)/p+2. The van der Waals surface area contributed by atoms with Crippen LogP contribution in [0.2, 0.25) is 0 Å². The molecule has 15 heteroatoms. The Labute approximate surface area is 290 Å². The van der Waals surface area contributed by atoms with Crippen molar-refractivity contribution in [2.24, 2.45) is 0 Å². The summed E-state index contributed by atoms with van der Waals surface area (Å²) in [6, 6.07) is 24.7. The molecule has 0 spiro atoms. The Bertz CT molecular complexity index is 2130. The summed E-state index contributed by atoms with van der Waals surface area (Å²) >= 11 is 0. The molecule has 0 saturated carbocycles. The van der Waals surface area contributed by atoms with Gasteiger partial charge in [-0.1, -0.05) is 48.5 Å². The monoisotopic (exact) mass is 734 g/mol. The highest BCUT2D eigenvalue weighted by Gasteiger charge is 2.20. The summed E-state index contributed by atoms with van der Waals surface area (Å²) in [5.74, 6) is -3.63. The van der Waals surface area contributed by atoms with Crippen molar-refractivity contribution in [1.82, 2.24) is 9.97 Å². The molecule has 0 radical (unpaired) electrons. The van der Waals surface area contributed by atoms with E-state index in [1.54, 1.807) is 64.3 Å². The SMILES string of the molecule is O=P(O)(O)CC[n+]1ccc(-c2ccc(-c3cc(-c4ccc(-c5cc[n+](CCP(=O)(O)O)cc5)cc4)nc(-c4c(F)cc(F)cc4F)n3)cc2)cc1. The average Bonchev–Trinajstić information content (AvgIpc) is 3.09. The molecule has 10 nitrogen and oxygen atoms in total. The molecule has 0 aliphatic heterocycles. The van der Waals surface area contributed by atoms with Crippen LogP contribution in [-0.2, 0) is 22.2 Å². The zero-order chi connectivity index (χ0) is 36.3. The third-order valence-electron chi connectivity index (χ3n) is 8.07. The minimum atomic E-state index is -4.12. The van der Waals surface area contributed by atoms with E-state index in [9.17, 15) is 22.3 Å². The maximum Gasteiger partial charge on any atom is 0.331 e. The number of aromatic nitrogens is 4. The van der Waals surface area contributed by atoms with Crippen molar-refractivity contribution in [1.29, 1.82) is 0 Å². The number of nitrogens with zero attached hydrogens (tertiary/aromatic N) is 4. The maximum absolute atomic E-state index is 15.0. The number of pyridine rings is 2. The zero-order valence-electron chi connectivity index (χ0n) is 26.7. The number of hydrogen-bond acceptors (Lipinski definition) is 4. The topological polar surface area (TPSA) is 149 Å². The molecule has 4 N–H and O–H groups in total. The summed E-state index contributed by atoms with van der Waals surface area (Å²) in [5, 5.41) is 0. The van der Waals surface area contributed by atoms with Gasteiger partial charge < -0.3 is 19.6 Å². The van der Waals surface area contributed by atoms with Crippen LogP contribution in [-0.4, -0.2) is 41.9 Å². The number of benzene rings is 3. The second-order valence-electron chi connectivity index (χ2n) is 11.8. The molecule has 3 heterocycles. The summed E-state index contributed by atoms with van der Waals surface area (Å²) in [5.41, 5.74) is 4.77. The summed E-state index contributed by atoms with van der Waals surface area (Å²) < 4.78 is 69.5. The number of hydrogen-bond donors (Lipinski definition) is 4. The van der Waals surface area contributed by atoms with Crippen LogP contribution < -0.4 is 9.13 Å². The van der Waals surface area contributed by atoms with Crippen LogP contribution in [0.25, 0.3) is 56.2 Å². The first-order chi connectivity index (χ1) is 24.2. The Morgan fingerprint density at radius 1 is 0.510 bits per heavy atom. The number of rotatable bonds is 11. The third-order valence-corrected chi connectivity index (χ3v) is 9.63. The van der Waals surface area contributed by atoms with E-state index in [0.717, 1.165) is 22.3 Å². The van der Waals surface area contributed by atoms with Gasteiger partial charge >= 0.3 is 15.2 Å². The van der Waals surface area contributed by atoms with E-state index in [1.807, 2.05) is 48.5 Å². The maximum atomic E-state index is 15.0. The van der Waals surface area contributed by atoms with Crippen molar-refractivity contribution < 1.29 is 51.0 Å². The molecule has 0 saturated heterocycles. The van der Waals surface area contributed by atoms with Crippen LogP contribution in [0, 0.1) is 17.5 Å². The van der Waals surface area contributed by atoms with Crippen LogP contribution in [0.3, 0.4) is 0 Å². The Morgan fingerprint density at radius 3 is 1.20 bits per heavy atom. The number of aryl methyl sites for hydroxylation is 2. The normalized spacial score (nSPS) is 11.9. The van der Waals surface area contributed by atoms with Gasteiger partial charge in [-0.3, -0.25) is 9.13 Å². The fraction of sp³-hybridized carbons (Fsp3) is 0.111. The first kappa shape index (κ1) is 35.9. The van der Waals surface area contributed by atoms with Crippen molar-refractivity contribution in [3.63, 3.8) is 0 Å². The van der Waals surface area contributed by atoms with Gasteiger partial charge in [0.15, 0.2) is 43.7 Å². The molecular weight excluding hydrogens is 703 g/mol. The van der Waals surface area contributed by atoms with E-state index in [4.69, 9.17) is 19.6 Å². The van der Waals surface area contributed by atoms with E-state index < -0.39 is 38.2 Å². The van der Waals surface area contributed by atoms with Crippen LogP contribution in [0.5, 0.6) is 0 Å². The number of halogens is 3. The Morgan fingerprint density at radius 2 is 0.843 bits per heavy atom. The minimum absolute atomic E-state index is 0.163. The molecule has 6 rings (SSSR count). The van der Waals surface area contributed by atoms with Crippen LogP contribution in [0.1, 0.15) is 0 Å². The van der Waals surface area contributed by atoms with Crippen LogP contribution in [0.4, 0.5) is 13.2 Å². The summed E-state index contributed by atoms with van der Waals surface area (Å²) in [4.78, 5) is 45.5. The Hall–Kier alpha value is -4.87. The predicted octanol–water partition coefficient (Wildman–Crippen LogP) is 6.16. The lowest BCUT2D eigenvalue weighted by Crippen LogP contribution is -2.34. The van der Waals surface area contributed by atoms with Crippen LogP contribution in [0.15, 0.2) is 116 Å². The largest absolute Gasteiger partial charge is 0.331 e. The predicted molar refractivity (Wildman–Crippen MR) is 183 cm³/mol. The van der Waals surface area contributed by atoms with E-state index in [2.05, 4.69) is 9.97 Å². The van der Waals surface area contributed by atoms with Gasteiger partial charge in [-0.05, 0) is 28.3 Å². The lowest BCUT2D eigenvalue weighted by molar-refractivity contribution is -0.692. The first-order valence-electron chi connectivity index (χ1n) is 15.5. The minimum Gasteiger partial charge on any atom is -0.324 e. The van der Waals surface area contributed by atoms with Gasteiger partial charge in [0.1, 0.15) is 29.8 Å². The first-order valence-corrected chi connectivity index (χ1v) is 19.1. The molecule has 51 heavy (non-hydrogen) atoms. The summed E-state index contributed by atoms with van der Waals surface area (Å²) in [7, 11) is -8.24. The summed E-state index contributed by atoms with van der Waals surface area (Å²) in [6.45, 7) is 0.325. The van der Waals surface area contributed by atoms with Gasteiger partial charge in [0.25, 0.3) is 0 Å². The van der Waals surface area contributed by atoms with Crippen molar-refractivity contribution in [2.45, 2.75) is 13.1 Å². The second kappa shape index (κ2) is 14.8. The fourth-order valence-corrected chi connectivity index (χ4v) is 6.35. The van der Waals surface area contributed by atoms with E-state index in [0.29, 0.717) is 34.6 Å². The quantitative estimate of drug-likeness (QED) is 0.0915. The molecule has 6 aromatic rings. The Balaban J connectivity index is 1.31. The second-order valence-corrected chi connectivity index (χ2v) is 15.3. The van der Waals surface area contributed by atoms with Crippen molar-refractivity contribution in [3.8, 4) is 56.2 Å². The van der Waals surface area contributed by atoms with Gasteiger partial charge in [0, 0.05) is 47.5 Å². The molecule has 0 aliphatic rings. The molecule has 0 unspecified atom stereocenters. The molecule has 0 amide bonds. The molecular formula is C36H31F3N4O6P2+2. The lowest BCUT2D eigenvalue weighted by atomic mass is 10.0. The van der Waals surface area contributed by atoms with Crippen molar-refractivity contribution in [3.05, 3.63) is 133 Å². The molecule has 0 fully saturated rings. The average molecular weight is 735 g/mol. The van der Waals surface area contributed by atoms with Crippen LogP contribution >= 0.6 is 15.2 Å². The van der Waals surface area contributed by atoms with Gasteiger partial charge in [-0.25, -0.2) is 32.3 Å². The Kier molecular flexibility index (Phi) is 10.4. The molecule has 0 bridgehead atoms. The van der Waals surface area contributed by atoms with Gasteiger partial charge in [0.2, 0.25) is 0 Å². The highest BCUT2D eigenvalue weighted by molar-refractivity contribution is 7.51. The molecule has 3 aromatic carbocycles. The van der Waals surface area contributed by atoms with Gasteiger partial charge in [0.05, 0.1) is 17.0 Å². The molecule has 3 aromatic heterocycles. The van der Waals surface area contributed by atoms with Crippen molar-refractivity contribution in [2.75, 3.05) is 12.3 Å². The zero-order valence-corrected chi connectivity index (χ0v) is 28.5. The smallest absolute Gasteiger partial charge is 0.324 e. The highest BCUT2D eigenvalue weighted by Crippen LogP contribution is 2.35. The van der Waals surface area contributed by atoms with Gasteiger partial charge in [-0.2, -0.15) is 0 Å². The third kappa shape index (κ3) is 9.28. The van der Waals surface area contributed by atoms with E-state index >= 15 is 0 Å².